The minimum Gasteiger partial charge on any atom is -0.409 e. The Hall–Kier alpha value is -2.18. The van der Waals surface area contributed by atoms with Crippen molar-refractivity contribution in [2.45, 2.75) is 38.6 Å². The van der Waals surface area contributed by atoms with E-state index in [2.05, 4.69) is 15.1 Å². The summed E-state index contributed by atoms with van der Waals surface area (Å²) in [7, 11) is 0. The second kappa shape index (κ2) is 6.31. The lowest BCUT2D eigenvalue weighted by Crippen LogP contribution is -2.44. The number of nitrogens with two attached hydrogens (primary N) is 1. The fraction of sp³-hybridized carbons (Fsp3) is 0.538. The van der Waals surface area contributed by atoms with E-state index in [0.29, 0.717) is 0 Å². The molecule has 3 N–H and O–H groups in total. The molecule has 7 heteroatoms. The van der Waals surface area contributed by atoms with E-state index in [9.17, 15) is 4.79 Å². The van der Waals surface area contributed by atoms with Crippen molar-refractivity contribution in [3.05, 3.63) is 23.8 Å². The van der Waals surface area contributed by atoms with Crippen LogP contribution in [0.4, 0.5) is 0 Å². The largest absolute Gasteiger partial charge is 0.409 e. The molecule has 1 aromatic rings. The van der Waals surface area contributed by atoms with Crippen molar-refractivity contribution < 1.29 is 10.0 Å². The van der Waals surface area contributed by atoms with Gasteiger partial charge in [0.15, 0.2) is 5.84 Å². The van der Waals surface area contributed by atoms with Gasteiger partial charge >= 0.3 is 0 Å². The van der Waals surface area contributed by atoms with Crippen LogP contribution in [0.25, 0.3) is 0 Å². The Bertz CT molecular complexity index is 494. The third-order valence-electron chi connectivity index (χ3n) is 3.49. The molecule has 1 fully saturated rings. The maximum atomic E-state index is 12.5. The maximum absolute atomic E-state index is 12.5. The van der Waals surface area contributed by atoms with E-state index >= 15 is 0 Å². The molecule has 1 heterocycles. The molecule has 0 unspecified atom stereocenters. The van der Waals surface area contributed by atoms with Crippen molar-refractivity contribution in [3.63, 3.8) is 0 Å². The SMILES string of the molecule is Cc1cnc(C(=O)N(CC(N)=NO)C2CCCC2)cn1. The Labute approximate surface area is 117 Å². The van der Waals surface area contributed by atoms with Gasteiger partial charge in [-0.2, -0.15) is 0 Å². The summed E-state index contributed by atoms with van der Waals surface area (Å²) in [6, 6.07) is 0.117. The molecule has 0 radical (unpaired) electrons. The maximum Gasteiger partial charge on any atom is 0.274 e. The van der Waals surface area contributed by atoms with Gasteiger partial charge in [-0.25, -0.2) is 4.98 Å². The van der Waals surface area contributed by atoms with Crippen LogP contribution in [0.15, 0.2) is 17.5 Å². The van der Waals surface area contributed by atoms with E-state index in [1.165, 1.54) is 6.20 Å². The number of oxime groups is 1. The zero-order valence-electron chi connectivity index (χ0n) is 11.5. The van der Waals surface area contributed by atoms with Crippen LogP contribution in [0.3, 0.4) is 0 Å². The summed E-state index contributed by atoms with van der Waals surface area (Å²) < 4.78 is 0. The zero-order chi connectivity index (χ0) is 14.5. The van der Waals surface area contributed by atoms with Crippen LogP contribution in [0.5, 0.6) is 0 Å². The second-order valence-electron chi connectivity index (χ2n) is 5.01. The Balaban J connectivity index is 2.20. The van der Waals surface area contributed by atoms with Gasteiger partial charge in [0.1, 0.15) is 5.69 Å². The summed E-state index contributed by atoms with van der Waals surface area (Å²) in [6.45, 7) is 1.92. The standard InChI is InChI=1S/C13H19N5O2/c1-9-6-16-11(7-15-9)13(19)18(8-12(14)17-20)10-4-2-3-5-10/h6-7,10,20H,2-5,8H2,1H3,(H2,14,17). The van der Waals surface area contributed by atoms with Crippen LogP contribution in [0.2, 0.25) is 0 Å². The summed E-state index contributed by atoms with van der Waals surface area (Å²) in [5.41, 5.74) is 6.59. The van der Waals surface area contributed by atoms with Crippen LogP contribution in [0, 0.1) is 6.92 Å². The van der Waals surface area contributed by atoms with Crippen LogP contribution < -0.4 is 5.73 Å². The first-order valence-corrected chi connectivity index (χ1v) is 6.68. The molecular weight excluding hydrogens is 258 g/mol. The van der Waals surface area contributed by atoms with Crippen LogP contribution in [-0.4, -0.2) is 44.4 Å². The monoisotopic (exact) mass is 277 g/mol. The van der Waals surface area contributed by atoms with Gasteiger partial charge in [0, 0.05) is 12.2 Å². The lowest BCUT2D eigenvalue weighted by Gasteiger charge is -2.28. The fourth-order valence-corrected chi connectivity index (χ4v) is 2.44. The summed E-state index contributed by atoms with van der Waals surface area (Å²) in [6.07, 6.45) is 7.07. The number of amidine groups is 1. The van der Waals surface area contributed by atoms with E-state index in [0.717, 1.165) is 31.4 Å². The van der Waals surface area contributed by atoms with Crippen LogP contribution in [0.1, 0.15) is 41.9 Å². The molecule has 20 heavy (non-hydrogen) atoms. The van der Waals surface area contributed by atoms with E-state index in [4.69, 9.17) is 10.9 Å². The molecule has 0 spiro atoms. The lowest BCUT2D eigenvalue weighted by molar-refractivity contribution is 0.0706. The van der Waals surface area contributed by atoms with E-state index in [1.807, 2.05) is 6.92 Å². The molecule has 1 saturated carbocycles. The molecule has 0 atom stereocenters. The number of hydrogen-bond acceptors (Lipinski definition) is 5. The third kappa shape index (κ3) is 3.23. The van der Waals surface area contributed by atoms with Gasteiger partial charge in [0.2, 0.25) is 0 Å². The van der Waals surface area contributed by atoms with Crippen molar-refractivity contribution in [3.8, 4) is 0 Å². The quantitative estimate of drug-likeness (QED) is 0.368. The highest BCUT2D eigenvalue weighted by atomic mass is 16.4. The number of rotatable bonds is 4. The average Bonchev–Trinajstić information content (AvgIpc) is 2.98. The van der Waals surface area contributed by atoms with E-state index in [-0.39, 0.29) is 30.0 Å². The molecule has 0 bridgehead atoms. The Kier molecular flexibility index (Phi) is 4.49. The highest BCUT2D eigenvalue weighted by Gasteiger charge is 2.29. The minimum atomic E-state index is -0.226. The minimum absolute atomic E-state index is 0.0188. The first kappa shape index (κ1) is 14.2. The summed E-state index contributed by atoms with van der Waals surface area (Å²) in [4.78, 5) is 22.3. The van der Waals surface area contributed by atoms with Crippen molar-refractivity contribution in [2.75, 3.05) is 6.54 Å². The Morgan fingerprint density at radius 1 is 1.45 bits per heavy atom. The highest BCUT2D eigenvalue weighted by molar-refractivity contribution is 5.95. The van der Waals surface area contributed by atoms with Gasteiger partial charge in [0.05, 0.1) is 18.4 Å². The van der Waals surface area contributed by atoms with Gasteiger partial charge in [-0.1, -0.05) is 18.0 Å². The number of hydrogen-bond donors (Lipinski definition) is 2. The second-order valence-corrected chi connectivity index (χ2v) is 5.01. The normalized spacial score (nSPS) is 16.4. The molecule has 108 valence electrons. The van der Waals surface area contributed by atoms with Gasteiger partial charge in [-0.3, -0.25) is 9.78 Å². The topological polar surface area (TPSA) is 105 Å². The molecule has 2 rings (SSSR count). The van der Waals surface area contributed by atoms with Crippen molar-refractivity contribution in [1.82, 2.24) is 14.9 Å². The number of amides is 1. The average molecular weight is 277 g/mol. The molecule has 0 aliphatic heterocycles. The number of carbonyl (C=O) groups is 1. The predicted molar refractivity (Wildman–Crippen MR) is 73.5 cm³/mol. The Morgan fingerprint density at radius 3 is 2.70 bits per heavy atom. The van der Waals surface area contributed by atoms with Gasteiger partial charge in [-0.05, 0) is 19.8 Å². The highest BCUT2D eigenvalue weighted by Crippen LogP contribution is 2.24. The van der Waals surface area contributed by atoms with Gasteiger partial charge in [0.25, 0.3) is 5.91 Å². The smallest absolute Gasteiger partial charge is 0.274 e. The molecular formula is C13H19N5O2. The Morgan fingerprint density at radius 2 is 2.15 bits per heavy atom. The summed E-state index contributed by atoms with van der Waals surface area (Å²) >= 11 is 0. The first-order valence-electron chi connectivity index (χ1n) is 6.68. The number of aryl methyl sites for hydroxylation is 1. The van der Waals surface area contributed by atoms with Crippen molar-refractivity contribution in [1.29, 1.82) is 0 Å². The van der Waals surface area contributed by atoms with Crippen LogP contribution >= 0.6 is 0 Å². The predicted octanol–water partition coefficient (Wildman–Crippen LogP) is 0.916. The molecule has 0 saturated heterocycles. The zero-order valence-corrected chi connectivity index (χ0v) is 11.5. The first-order chi connectivity index (χ1) is 9.61. The van der Waals surface area contributed by atoms with Crippen molar-refractivity contribution in [2.24, 2.45) is 10.9 Å². The lowest BCUT2D eigenvalue weighted by atomic mass is 10.2. The molecule has 1 aliphatic rings. The van der Waals surface area contributed by atoms with E-state index in [1.54, 1.807) is 11.1 Å². The van der Waals surface area contributed by atoms with Gasteiger partial charge in [-0.15, -0.1) is 0 Å². The fourth-order valence-electron chi connectivity index (χ4n) is 2.44. The number of nitrogens with zero attached hydrogens (tertiary/aromatic N) is 4. The molecule has 7 nitrogen and oxygen atoms in total. The molecule has 0 aromatic carbocycles. The van der Waals surface area contributed by atoms with E-state index < -0.39 is 0 Å². The summed E-state index contributed by atoms with van der Waals surface area (Å²) in [5, 5.41) is 11.7. The molecule has 1 aromatic heterocycles. The molecule has 1 amide bonds. The van der Waals surface area contributed by atoms with Crippen molar-refractivity contribution >= 4 is 11.7 Å². The third-order valence-corrected chi connectivity index (χ3v) is 3.49. The summed E-state index contributed by atoms with van der Waals surface area (Å²) in [5.74, 6) is -0.207. The number of aromatic nitrogens is 2. The molecule has 1 aliphatic carbocycles. The van der Waals surface area contributed by atoms with Crippen LogP contribution in [-0.2, 0) is 0 Å². The number of carbonyl (C=O) groups excluding carboxylic acids is 1. The van der Waals surface area contributed by atoms with Gasteiger partial charge < -0.3 is 15.8 Å².